The number of aryl methyl sites for hydroxylation is 2. The predicted molar refractivity (Wildman–Crippen MR) is 74.5 cm³/mol. The lowest BCUT2D eigenvalue weighted by atomic mass is 10.2. The summed E-state index contributed by atoms with van der Waals surface area (Å²) in [5.74, 6) is -0.999. The van der Waals surface area contributed by atoms with E-state index in [9.17, 15) is 4.79 Å². The van der Waals surface area contributed by atoms with E-state index in [0.717, 1.165) is 43.3 Å². The molecule has 7 nitrogen and oxygen atoms in total. The van der Waals surface area contributed by atoms with E-state index in [4.69, 9.17) is 5.11 Å². The van der Waals surface area contributed by atoms with E-state index < -0.39 is 5.97 Å². The fourth-order valence-electron chi connectivity index (χ4n) is 2.77. The first kappa shape index (κ1) is 12.9. The fraction of sp³-hybridized carbons (Fsp3) is 0.462. The number of hydrogen-bond donors (Lipinski definition) is 2. The predicted octanol–water partition coefficient (Wildman–Crippen LogP) is 0.454. The van der Waals surface area contributed by atoms with Crippen molar-refractivity contribution in [3.8, 4) is 0 Å². The molecule has 106 valence electrons. The molecule has 3 heterocycles. The zero-order chi connectivity index (χ0) is 14.3. The van der Waals surface area contributed by atoms with Crippen LogP contribution in [0, 0.1) is 13.8 Å². The zero-order valence-corrected chi connectivity index (χ0v) is 11.6. The number of hydrogen-bond acceptors (Lipinski definition) is 5. The third kappa shape index (κ3) is 1.90. The van der Waals surface area contributed by atoms with Gasteiger partial charge in [-0.05, 0) is 13.8 Å². The van der Waals surface area contributed by atoms with Gasteiger partial charge < -0.3 is 15.3 Å². The van der Waals surface area contributed by atoms with Crippen LogP contribution >= 0.6 is 0 Å². The number of nitrogens with zero attached hydrogens (tertiary/aromatic N) is 4. The monoisotopic (exact) mass is 275 g/mol. The van der Waals surface area contributed by atoms with Gasteiger partial charge >= 0.3 is 5.97 Å². The molecule has 7 heteroatoms. The van der Waals surface area contributed by atoms with Gasteiger partial charge in [0.25, 0.3) is 0 Å². The highest BCUT2D eigenvalue weighted by Crippen LogP contribution is 2.25. The van der Waals surface area contributed by atoms with Gasteiger partial charge in [-0.25, -0.2) is 14.3 Å². The molecule has 0 saturated carbocycles. The van der Waals surface area contributed by atoms with Crippen molar-refractivity contribution in [2.24, 2.45) is 0 Å². The summed E-state index contributed by atoms with van der Waals surface area (Å²) in [5, 5.41) is 16.6. The van der Waals surface area contributed by atoms with Crippen LogP contribution in [0.3, 0.4) is 0 Å². The van der Waals surface area contributed by atoms with Gasteiger partial charge in [0.2, 0.25) is 0 Å². The number of aromatic carboxylic acids is 1. The minimum atomic E-state index is -0.999. The summed E-state index contributed by atoms with van der Waals surface area (Å²) >= 11 is 0. The molecule has 20 heavy (non-hydrogen) atoms. The first-order valence-corrected chi connectivity index (χ1v) is 6.63. The Kier molecular flexibility index (Phi) is 3.06. The Balaban J connectivity index is 2.17. The van der Waals surface area contributed by atoms with Crippen LogP contribution < -0.4 is 10.2 Å². The summed E-state index contributed by atoms with van der Waals surface area (Å²) in [7, 11) is 0. The smallest absolute Gasteiger partial charge is 0.341 e. The Morgan fingerprint density at radius 1 is 1.35 bits per heavy atom. The van der Waals surface area contributed by atoms with E-state index in [1.165, 1.54) is 6.20 Å². The third-order valence-corrected chi connectivity index (χ3v) is 3.68. The van der Waals surface area contributed by atoms with Crippen LogP contribution in [0.15, 0.2) is 6.20 Å². The van der Waals surface area contributed by atoms with Crippen LogP contribution in [0.4, 0.5) is 5.69 Å². The van der Waals surface area contributed by atoms with Gasteiger partial charge in [0, 0.05) is 26.2 Å². The van der Waals surface area contributed by atoms with Crippen LogP contribution in [0.25, 0.3) is 5.65 Å². The molecule has 1 aliphatic rings. The molecule has 1 saturated heterocycles. The molecular formula is C13H17N5O2. The van der Waals surface area contributed by atoms with E-state index in [1.54, 1.807) is 4.52 Å². The van der Waals surface area contributed by atoms with E-state index in [-0.39, 0.29) is 5.56 Å². The summed E-state index contributed by atoms with van der Waals surface area (Å²) in [4.78, 5) is 17.9. The molecule has 0 spiro atoms. The number of nitrogens with one attached hydrogen (secondary N) is 1. The van der Waals surface area contributed by atoms with Gasteiger partial charge in [-0.1, -0.05) is 0 Å². The molecule has 1 fully saturated rings. The van der Waals surface area contributed by atoms with Crippen LogP contribution in [-0.2, 0) is 0 Å². The topological polar surface area (TPSA) is 82.8 Å². The van der Waals surface area contributed by atoms with Crippen LogP contribution in [-0.4, -0.2) is 51.9 Å². The molecule has 2 N–H and O–H groups in total. The molecule has 0 aromatic carbocycles. The van der Waals surface area contributed by atoms with Crippen molar-refractivity contribution in [3.63, 3.8) is 0 Å². The number of aromatic nitrogens is 3. The Labute approximate surface area is 116 Å². The summed E-state index contributed by atoms with van der Waals surface area (Å²) in [5.41, 5.74) is 3.38. The van der Waals surface area contributed by atoms with Crippen LogP contribution in [0.5, 0.6) is 0 Å². The molecule has 0 aliphatic carbocycles. The lowest BCUT2D eigenvalue weighted by Gasteiger charge is -2.31. The molecule has 3 rings (SSSR count). The van der Waals surface area contributed by atoms with Crippen LogP contribution in [0.1, 0.15) is 21.7 Å². The van der Waals surface area contributed by atoms with Gasteiger partial charge in [-0.3, -0.25) is 0 Å². The minimum Gasteiger partial charge on any atom is -0.477 e. The van der Waals surface area contributed by atoms with Gasteiger partial charge in [-0.15, -0.1) is 0 Å². The molecule has 2 aromatic heterocycles. The van der Waals surface area contributed by atoms with Gasteiger partial charge in [0.05, 0.1) is 23.3 Å². The number of fused-ring (bicyclic) bond motifs is 1. The number of anilines is 1. The SMILES string of the molecule is Cc1nc2c(C(=O)O)cnn2c(C)c1N1CCNCC1. The molecule has 1 aliphatic heterocycles. The quantitative estimate of drug-likeness (QED) is 0.828. The van der Waals surface area contributed by atoms with Gasteiger partial charge in [0.15, 0.2) is 5.65 Å². The Morgan fingerprint density at radius 2 is 2.05 bits per heavy atom. The van der Waals surface area contributed by atoms with Crippen molar-refractivity contribution in [2.45, 2.75) is 13.8 Å². The number of carbonyl (C=O) groups is 1. The van der Waals surface area contributed by atoms with Crippen molar-refractivity contribution < 1.29 is 9.90 Å². The highest BCUT2D eigenvalue weighted by molar-refractivity contribution is 5.94. The number of carboxylic acid groups (broad SMARTS) is 1. The van der Waals surface area contributed by atoms with Crippen LogP contribution in [0.2, 0.25) is 0 Å². The largest absolute Gasteiger partial charge is 0.477 e. The van der Waals surface area contributed by atoms with Crippen molar-refractivity contribution in [1.29, 1.82) is 0 Å². The van der Waals surface area contributed by atoms with Crippen molar-refractivity contribution in [1.82, 2.24) is 19.9 Å². The van der Waals surface area contributed by atoms with E-state index in [2.05, 4.69) is 20.3 Å². The average molecular weight is 275 g/mol. The van der Waals surface area contributed by atoms with E-state index >= 15 is 0 Å². The maximum absolute atomic E-state index is 11.2. The number of piperazine rings is 1. The molecular weight excluding hydrogens is 258 g/mol. The highest BCUT2D eigenvalue weighted by Gasteiger charge is 2.21. The average Bonchev–Trinajstić information content (AvgIpc) is 2.84. The first-order chi connectivity index (χ1) is 9.59. The molecule has 0 radical (unpaired) electrons. The standard InChI is InChI=1S/C13H17N5O2/c1-8-11(17-5-3-14-4-6-17)9(2)18-12(16-8)10(7-15-18)13(19)20/h7,14H,3-6H2,1-2H3,(H,19,20). The second-order valence-electron chi connectivity index (χ2n) is 4.97. The minimum absolute atomic E-state index is 0.142. The molecule has 0 atom stereocenters. The Bertz CT molecular complexity index is 673. The van der Waals surface area contributed by atoms with E-state index in [0.29, 0.717) is 5.65 Å². The summed E-state index contributed by atoms with van der Waals surface area (Å²) in [6, 6.07) is 0. The molecule has 0 unspecified atom stereocenters. The molecule has 0 bridgehead atoms. The Morgan fingerprint density at radius 3 is 2.70 bits per heavy atom. The number of rotatable bonds is 2. The lowest BCUT2D eigenvalue weighted by molar-refractivity contribution is 0.0699. The second kappa shape index (κ2) is 4.75. The second-order valence-corrected chi connectivity index (χ2v) is 4.97. The summed E-state index contributed by atoms with van der Waals surface area (Å²) in [6.07, 6.45) is 1.36. The van der Waals surface area contributed by atoms with Crippen molar-refractivity contribution >= 4 is 17.3 Å². The zero-order valence-electron chi connectivity index (χ0n) is 11.6. The highest BCUT2D eigenvalue weighted by atomic mass is 16.4. The molecule has 2 aromatic rings. The van der Waals surface area contributed by atoms with Crippen molar-refractivity contribution in [2.75, 3.05) is 31.1 Å². The lowest BCUT2D eigenvalue weighted by Crippen LogP contribution is -2.44. The fourth-order valence-corrected chi connectivity index (χ4v) is 2.77. The van der Waals surface area contributed by atoms with Crippen molar-refractivity contribution in [3.05, 3.63) is 23.1 Å². The van der Waals surface area contributed by atoms with Gasteiger partial charge in [0.1, 0.15) is 5.56 Å². The summed E-state index contributed by atoms with van der Waals surface area (Å²) < 4.78 is 1.62. The maximum Gasteiger partial charge on any atom is 0.341 e. The summed E-state index contributed by atoms with van der Waals surface area (Å²) in [6.45, 7) is 7.59. The third-order valence-electron chi connectivity index (χ3n) is 3.68. The molecule has 0 amide bonds. The first-order valence-electron chi connectivity index (χ1n) is 6.63. The number of carboxylic acids is 1. The Hall–Kier alpha value is -2.15. The maximum atomic E-state index is 11.2. The van der Waals surface area contributed by atoms with Gasteiger partial charge in [-0.2, -0.15) is 5.10 Å². The van der Waals surface area contributed by atoms with E-state index in [1.807, 2.05) is 13.8 Å². The normalized spacial score (nSPS) is 15.8.